The van der Waals surface area contributed by atoms with Crippen LogP contribution in [-0.4, -0.2) is 20.3 Å². The molecular weight excluding hydrogens is 159 g/mol. The lowest BCUT2D eigenvalue weighted by Crippen LogP contribution is -2.02. The second-order valence-electron chi connectivity index (χ2n) is 1.48. The minimum Gasteiger partial charge on any atom is -0.324 e. The summed E-state index contributed by atoms with van der Waals surface area (Å²) in [7, 11) is 0.842. The van der Waals surface area contributed by atoms with Crippen molar-refractivity contribution in [2.24, 2.45) is 0 Å². The first kappa shape index (κ1) is 7.76. The fourth-order valence-electron chi connectivity index (χ4n) is 0.478. The molecule has 1 aliphatic heterocycles. The van der Waals surface area contributed by atoms with Crippen molar-refractivity contribution in [2.45, 2.75) is 6.42 Å². The minimum atomic E-state index is -0.777. The molecule has 1 fully saturated rings. The van der Waals surface area contributed by atoms with Crippen LogP contribution in [0.15, 0.2) is 0 Å². The van der Waals surface area contributed by atoms with Crippen molar-refractivity contribution in [1.82, 2.24) is 0 Å². The second-order valence-corrected chi connectivity index (χ2v) is 4.27. The maximum Gasteiger partial charge on any atom is 0.266 e. The molecule has 1 aliphatic rings. The van der Waals surface area contributed by atoms with Gasteiger partial charge in [-0.15, -0.1) is 0 Å². The van der Waals surface area contributed by atoms with Gasteiger partial charge in [0.05, 0.1) is 32.0 Å². The highest BCUT2D eigenvalue weighted by Crippen LogP contribution is 2.53. The summed E-state index contributed by atoms with van der Waals surface area (Å²) < 4.78 is 15.2. The van der Waals surface area contributed by atoms with Gasteiger partial charge in [0.25, 0.3) is 7.58 Å². The Kier molecular flexibility index (Phi) is 3.86. The highest BCUT2D eigenvalue weighted by Gasteiger charge is 2.15. The third-order valence-corrected chi connectivity index (χ3v) is 3.32. The maximum atomic E-state index is 5.20. The van der Waals surface area contributed by atoms with Crippen LogP contribution in [0.1, 0.15) is 6.42 Å². The summed E-state index contributed by atoms with van der Waals surface area (Å²) in [5, 5.41) is 0. The van der Waals surface area contributed by atoms with Gasteiger partial charge in [-0.1, -0.05) is 0 Å². The topological polar surface area (TPSA) is 27.7 Å². The molecule has 3 nitrogen and oxygen atoms in total. The van der Waals surface area contributed by atoms with E-state index in [1.165, 1.54) is 11.7 Å². The van der Waals surface area contributed by atoms with Crippen molar-refractivity contribution in [3.8, 4) is 0 Å². The predicted molar refractivity (Wildman–Crippen MR) is 38.0 cm³/mol. The molecule has 0 saturated carbocycles. The Bertz CT molecular complexity index is 73.5. The standard InChI is InChI=1S/C4H9O3PS/c1-5-9-8-6-3-2-4-7-8/h2-4H2,1H3. The summed E-state index contributed by atoms with van der Waals surface area (Å²) in [6.45, 7) is 1.62. The average Bonchev–Trinajstić information content (AvgIpc) is 1.91. The average molecular weight is 168 g/mol. The molecule has 0 atom stereocenters. The zero-order valence-corrected chi connectivity index (χ0v) is 6.91. The summed E-state index contributed by atoms with van der Waals surface area (Å²) in [5.41, 5.74) is 0. The number of hydrogen-bond acceptors (Lipinski definition) is 4. The van der Waals surface area contributed by atoms with Crippen LogP contribution in [0.25, 0.3) is 0 Å². The smallest absolute Gasteiger partial charge is 0.266 e. The third kappa shape index (κ3) is 2.83. The summed E-state index contributed by atoms with van der Waals surface area (Å²) in [5.74, 6) is 0. The molecule has 5 heteroatoms. The van der Waals surface area contributed by atoms with Crippen molar-refractivity contribution in [2.75, 3.05) is 20.3 Å². The fraction of sp³-hybridized carbons (Fsp3) is 1.00. The van der Waals surface area contributed by atoms with Crippen LogP contribution in [0.5, 0.6) is 0 Å². The van der Waals surface area contributed by atoms with E-state index in [9.17, 15) is 0 Å². The van der Waals surface area contributed by atoms with Crippen molar-refractivity contribution in [3.63, 3.8) is 0 Å². The monoisotopic (exact) mass is 168 g/mol. The molecule has 9 heavy (non-hydrogen) atoms. The van der Waals surface area contributed by atoms with E-state index < -0.39 is 7.58 Å². The van der Waals surface area contributed by atoms with Crippen LogP contribution >= 0.6 is 19.2 Å². The van der Waals surface area contributed by atoms with Gasteiger partial charge in [-0.3, -0.25) is 0 Å². The molecule has 0 aliphatic carbocycles. The molecule has 1 saturated heterocycles. The van der Waals surface area contributed by atoms with Crippen molar-refractivity contribution < 1.29 is 13.2 Å². The van der Waals surface area contributed by atoms with E-state index >= 15 is 0 Å². The zero-order chi connectivity index (χ0) is 6.53. The minimum absolute atomic E-state index is 0.777. The van der Waals surface area contributed by atoms with Crippen LogP contribution in [0.4, 0.5) is 0 Å². The van der Waals surface area contributed by atoms with E-state index in [2.05, 4.69) is 0 Å². The van der Waals surface area contributed by atoms with E-state index in [4.69, 9.17) is 13.2 Å². The predicted octanol–water partition coefficient (Wildman–Crippen LogP) is 1.94. The normalized spacial score (nSPS) is 22.3. The van der Waals surface area contributed by atoms with Crippen LogP contribution in [-0.2, 0) is 13.2 Å². The molecule has 0 radical (unpaired) electrons. The van der Waals surface area contributed by atoms with Gasteiger partial charge in [-0.25, -0.2) is 0 Å². The van der Waals surface area contributed by atoms with E-state index in [0.29, 0.717) is 0 Å². The molecule has 0 aromatic rings. The highest BCUT2D eigenvalue weighted by atomic mass is 32.7. The summed E-state index contributed by atoms with van der Waals surface area (Å²) in [4.78, 5) is 0. The van der Waals surface area contributed by atoms with Gasteiger partial charge in [0.1, 0.15) is 0 Å². The van der Waals surface area contributed by atoms with Crippen molar-refractivity contribution >= 4 is 19.2 Å². The SMILES string of the molecule is COSP1OCCCO1. The molecule has 0 bridgehead atoms. The lowest BCUT2D eigenvalue weighted by molar-refractivity contribution is 0.191. The Morgan fingerprint density at radius 1 is 1.44 bits per heavy atom. The van der Waals surface area contributed by atoms with E-state index in [0.717, 1.165) is 19.6 Å². The Balaban J connectivity index is 2.08. The summed E-state index contributed by atoms with van der Waals surface area (Å²) in [6.07, 6.45) is 1.00. The first-order valence-electron chi connectivity index (χ1n) is 2.70. The Morgan fingerprint density at radius 2 is 2.11 bits per heavy atom. The van der Waals surface area contributed by atoms with E-state index in [-0.39, 0.29) is 0 Å². The molecule has 0 N–H and O–H groups in total. The first-order chi connectivity index (χ1) is 4.43. The molecule has 1 heterocycles. The van der Waals surface area contributed by atoms with Crippen LogP contribution in [0.2, 0.25) is 0 Å². The van der Waals surface area contributed by atoms with E-state index in [1.807, 2.05) is 0 Å². The van der Waals surface area contributed by atoms with Crippen molar-refractivity contribution in [1.29, 1.82) is 0 Å². The molecule has 0 aromatic heterocycles. The van der Waals surface area contributed by atoms with Crippen LogP contribution < -0.4 is 0 Å². The van der Waals surface area contributed by atoms with Gasteiger partial charge in [-0.2, -0.15) is 0 Å². The molecule has 0 spiro atoms. The van der Waals surface area contributed by atoms with Gasteiger partial charge >= 0.3 is 0 Å². The summed E-state index contributed by atoms with van der Waals surface area (Å²) in [6, 6.07) is 0. The van der Waals surface area contributed by atoms with E-state index in [1.54, 1.807) is 7.11 Å². The van der Waals surface area contributed by atoms with Crippen LogP contribution in [0, 0.1) is 0 Å². The Hall–Kier alpha value is 0.660. The van der Waals surface area contributed by atoms with Gasteiger partial charge in [-0.05, 0) is 6.42 Å². The molecule has 1 rings (SSSR count). The lowest BCUT2D eigenvalue weighted by Gasteiger charge is -2.18. The summed E-state index contributed by atoms with van der Waals surface area (Å²) >= 11 is 1.27. The van der Waals surface area contributed by atoms with Gasteiger partial charge in [0.2, 0.25) is 0 Å². The fourth-order valence-corrected chi connectivity index (χ4v) is 2.39. The Morgan fingerprint density at radius 3 is 2.67 bits per heavy atom. The third-order valence-electron chi connectivity index (χ3n) is 0.817. The highest BCUT2D eigenvalue weighted by molar-refractivity contribution is 8.50. The first-order valence-corrected chi connectivity index (χ1v) is 5.22. The maximum absolute atomic E-state index is 5.20. The Labute approximate surface area is 59.9 Å². The lowest BCUT2D eigenvalue weighted by atomic mass is 10.5. The molecular formula is C4H9O3PS. The molecule has 54 valence electrons. The van der Waals surface area contributed by atoms with Crippen LogP contribution in [0.3, 0.4) is 0 Å². The van der Waals surface area contributed by atoms with Crippen molar-refractivity contribution in [3.05, 3.63) is 0 Å². The molecule has 0 unspecified atom stereocenters. The molecule has 0 amide bonds. The quantitative estimate of drug-likeness (QED) is 0.465. The zero-order valence-electron chi connectivity index (χ0n) is 5.20. The number of hydrogen-bond donors (Lipinski definition) is 0. The van der Waals surface area contributed by atoms with Gasteiger partial charge in [0, 0.05) is 0 Å². The second kappa shape index (κ2) is 4.47. The largest absolute Gasteiger partial charge is 0.324 e. The molecule has 0 aromatic carbocycles. The van der Waals surface area contributed by atoms with Gasteiger partial charge in [0.15, 0.2) is 0 Å². The van der Waals surface area contributed by atoms with Gasteiger partial charge < -0.3 is 13.2 Å². The number of rotatable bonds is 2.